The minimum atomic E-state index is -0.208. The molecule has 1 heterocycles. The van der Waals surface area contributed by atoms with E-state index in [1.54, 1.807) is 29.5 Å². The second-order valence-corrected chi connectivity index (χ2v) is 7.72. The normalized spacial score (nSPS) is 12.3. The number of nitrogens with zero attached hydrogens (tertiary/aromatic N) is 1. The number of fused-ring (bicyclic) bond motifs is 1. The quantitative estimate of drug-likeness (QED) is 0.584. The average Bonchev–Trinajstić information content (AvgIpc) is 3.06. The van der Waals surface area contributed by atoms with E-state index in [2.05, 4.69) is 45.2 Å². The third-order valence-corrected chi connectivity index (χ3v) is 5.62. The highest BCUT2D eigenvalue weighted by atomic mass is 32.1. The lowest BCUT2D eigenvalue weighted by Gasteiger charge is -2.24. The molecule has 0 radical (unpaired) electrons. The highest BCUT2D eigenvalue weighted by Gasteiger charge is 2.16. The second kappa shape index (κ2) is 8.88. The summed E-state index contributed by atoms with van der Waals surface area (Å²) in [5, 5.41) is 18.8. The molecule has 0 aliphatic heterocycles. The van der Waals surface area contributed by atoms with Gasteiger partial charge >= 0.3 is 6.03 Å². The lowest BCUT2D eigenvalue weighted by molar-refractivity contribution is 0.231. The van der Waals surface area contributed by atoms with Crippen LogP contribution in [0.15, 0.2) is 53.9 Å². The van der Waals surface area contributed by atoms with Gasteiger partial charge in [-0.05, 0) is 60.6 Å². The molecule has 3 rings (SSSR count). The number of hydrogen-bond donors (Lipinski definition) is 3. The standard InChI is InChI=1S/C21H25N3O2S/c1-24(2)17(11-16-14-27-20-9-4-3-8-19(16)20)13-23-21(26)22-12-15-6-5-7-18(25)10-15/h3-10,14,17,25H,11-13H2,1-2H3,(H2,22,23,26)/t17-/m0/s1. The van der Waals surface area contributed by atoms with Crippen molar-refractivity contribution >= 4 is 27.5 Å². The van der Waals surface area contributed by atoms with Crippen molar-refractivity contribution in [2.45, 2.75) is 19.0 Å². The summed E-state index contributed by atoms with van der Waals surface area (Å²) in [6.07, 6.45) is 0.879. The number of benzene rings is 2. The molecule has 5 nitrogen and oxygen atoms in total. The molecule has 3 aromatic rings. The monoisotopic (exact) mass is 383 g/mol. The predicted molar refractivity (Wildman–Crippen MR) is 111 cm³/mol. The molecule has 3 N–H and O–H groups in total. The molecule has 0 aliphatic carbocycles. The van der Waals surface area contributed by atoms with Crippen LogP contribution in [0.1, 0.15) is 11.1 Å². The van der Waals surface area contributed by atoms with Crippen molar-refractivity contribution < 1.29 is 9.90 Å². The molecule has 0 saturated heterocycles. The van der Waals surface area contributed by atoms with Crippen molar-refractivity contribution in [3.8, 4) is 5.75 Å². The van der Waals surface area contributed by atoms with Crippen molar-refractivity contribution in [3.63, 3.8) is 0 Å². The van der Waals surface area contributed by atoms with Crippen LogP contribution in [0.2, 0.25) is 0 Å². The molecule has 27 heavy (non-hydrogen) atoms. The second-order valence-electron chi connectivity index (χ2n) is 6.81. The van der Waals surface area contributed by atoms with E-state index in [9.17, 15) is 9.90 Å². The number of phenols is 1. The summed E-state index contributed by atoms with van der Waals surface area (Å²) in [6, 6.07) is 15.3. The van der Waals surface area contributed by atoms with Crippen LogP contribution in [-0.4, -0.2) is 42.7 Å². The molecule has 1 aromatic heterocycles. The molecule has 0 aliphatic rings. The fourth-order valence-electron chi connectivity index (χ4n) is 3.00. The Morgan fingerprint density at radius 1 is 1.15 bits per heavy atom. The number of carbonyl (C=O) groups is 1. The van der Waals surface area contributed by atoms with Crippen LogP contribution in [-0.2, 0) is 13.0 Å². The van der Waals surface area contributed by atoms with Gasteiger partial charge < -0.3 is 20.6 Å². The number of carbonyl (C=O) groups excluding carboxylic acids is 1. The molecule has 1 atom stereocenters. The van der Waals surface area contributed by atoms with Crippen LogP contribution >= 0.6 is 11.3 Å². The smallest absolute Gasteiger partial charge is 0.315 e. The summed E-state index contributed by atoms with van der Waals surface area (Å²) < 4.78 is 1.29. The highest BCUT2D eigenvalue weighted by molar-refractivity contribution is 7.17. The first kappa shape index (κ1) is 19.2. The van der Waals surface area contributed by atoms with Gasteiger partial charge in [0.2, 0.25) is 0 Å². The summed E-state index contributed by atoms with van der Waals surface area (Å²) >= 11 is 1.76. The third kappa shape index (κ3) is 5.21. The first-order valence-corrected chi connectivity index (χ1v) is 9.82. The molecule has 2 aromatic carbocycles. The maximum absolute atomic E-state index is 12.1. The van der Waals surface area contributed by atoms with Gasteiger partial charge in [0.15, 0.2) is 0 Å². The fourth-order valence-corrected chi connectivity index (χ4v) is 3.98. The van der Waals surface area contributed by atoms with Crippen molar-refractivity contribution in [1.29, 1.82) is 0 Å². The Bertz CT molecular complexity index is 907. The van der Waals surface area contributed by atoms with Gasteiger partial charge in [0.25, 0.3) is 0 Å². The summed E-state index contributed by atoms with van der Waals surface area (Å²) in [4.78, 5) is 14.3. The van der Waals surface area contributed by atoms with Crippen molar-refractivity contribution in [1.82, 2.24) is 15.5 Å². The maximum atomic E-state index is 12.1. The van der Waals surface area contributed by atoms with Crippen LogP contribution in [0.3, 0.4) is 0 Å². The Labute approximate surface area is 163 Å². The van der Waals surface area contributed by atoms with Gasteiger partial charge in [0.05, 0.1) is 0 Å². The van der Waals surface area contributed by atoms with E-state index in [4.69, 9.17) is 0 Å². The zero-order valence-corrected chi connectivity index (χ0v) is 16.4. The zero-order chi connectivity index (χ0) is 19.2. The first-order valence-electron chi connectivity index (χ1n) is 8.94. The van der Waals surface area contributed by atoms with Crippen LogP contribution in [0.5, 0.6) is 5.75 Å². The van der Waals surface area contributed by atoms with E-state index in [0.29, 0.717) is 13.1 Å². The molecule has 142 valence electrons. The van der Waals surface area contributed by atoms with E-state index >= 15 is 0 Å². The Morgan fingerprint density at radius 3 is 2.74 bits per heavy atom. The van der Waals surface area contributed by atoms with E-state index in [1.807, 2.05) is 20.2 Å². The average molecular weight is 384 g/mol. The Kier molecular flexibility index (Phi) is 6.32. The molecule has 0 spiro atoms. The Morgan fingerprint density at radius 2 is 1.96 bits per heavy atom. The predicted octanol–water partition coefficient (Wildman–Crippen LogP) is 3.58. The molecule has 0 fully saturated rings. The van der Waals surface area contributed by atoms with E-state index < -0.39 is 0 Å². The number of urea groups is 1. The van der Waals surface area contributed by atoms with Gasteiger partial charge in [-0.3, -0.25) is 0 Å². The largest absolute Gasteiger partial charge is 0.508 e. The minimum absolute atomic E-state index is 0.199. The highest BCUT2D eigenvalue weighted by Crippen LogP contribution is 2.27. The molecule has 0 unspecified atom stereocenters. The fraction of sp³-hybridized carbons (Fsp3) is 0.286. The number of phenolic OH excluding ortho intramolecular Hbond substituents is 1. The van der Waals surface area contributed by atoms with Crippen LogP contribution in [0.25, 0.3) is 10.1 Å². The molecule has 0 saturated carbocycles. The summed E-state index contributed by atoms with van der Waals surface area (Å²) in [7, 11) is 4.07. The number of rotatable bonds is 7. The number of hydrogen-bond acceptors (Lipinski definition) is 4. The Hall–Kier alpha value is -2.57. The van der Waals surface area contributed by atoms with Crippen molar-refractivity contribution in [2.75, 3.05) is 20.6 Å². The maximum Gasteiger partial charge on any atom is 0.315 e. The first-order chi connectivity index (χ1) is 13.0. The molecular formula is C21H25N3O2S. The SMILES string of the molecule is CN(C)[C@H](CNC(=O)NCc1cccc(O)c1)Cc1csc2ccccc12. The molecule has 0 bridgehead atoms. The van der Waals surface area contributed by atoms with Crippen molar-refractivity contribution in [3.05, 3.63) is 65.0 Å². The minimum Gasteiger partial charge on any atom is -0.508 e. The number of nitrogens with one attached hydrogen (secondary N) is 2. The van der Waals surface area contributed by atoms with E-state index in [1.165, 1.54) is 15.6 Å². The van der Waals surface area contributed by atoms with Gasteiger partial charge in [0.1, 0.15) is 5.75 Å². The van der Waals surface area contributed by atoms with Gasteiger partial charge in [-0.1, -0.05) is 30.3 Å². The zero-order valence-electron chi connectivity index (χ0n) is 15.6. The van der Waals surface area contributed by atoms with Crippen LogP contribution < -0.4 is 10.6 Å². The van der Waals surface area contributed by atoms with Crippen molar-refractivity contribution in [2.24, 2.45) is 0 Å². The van der Waals surface area contributed by atoms with Gasteiger partial charge in [-0.15, -0.1) is 11.3 Å². The van der Waals surface area contributed by atoms with E-state index in [-0.39, 0.29) is 17.8 Å². The third-order valence-electron chi connectivity index (χ3n) is 4.61. The summed E-state index contributed by atoms with van der Waals surface area (Å²) in [5.74, 6) is 0.199. The number of aromatic hydroxyl groups is 1. The molecule has 6 heteroatoms. The topological polar surface area (TPSA) is 64.6 Å². The van der Waals surface area contributed by atoms with Gasteiger partial charge in [0, 0.05) is 23.8 Å². The number of amides is 2. The number of thiophene rings is 1. The van der Waals surface area contributed by atoms with Gasteiger partial charge in [-0.25, -0.2) is 4.79 Å². The lowest BCUT2D eigenvalue weighted by Crippen LogP contribution is -2.44. The van der Waals surface area contributed by atoms with E-state index in [0.717, 1.165) is 12.0 Å². The Balaban J connectivity index is 1.54. The summed E-state index contributed by atoms with van der Waals surface area (Å²) in [6.45, 7) is 0.936. The van der Waals surface area contributed by atoms with Crippen LogP contribution in [0, 0.1) is 0 Å². The summed E-state index contributed by atoms with van der Waals surface area (Å²) in [5.41, 5.74) is 2.18. The molecular weight excluding hydrogens is 358 g/mol. The van der Waals surface area contributed by atoms with Gasteiger partial charge in [-0.2, -0.15) is 0 Å². The van der Waals surface area contributed by atoms with Crippen LogP contribution in [0.4, 0.5) is 4.79 Å². The molecule has 2 amide bonds. The lowest BCUT2D eigenvalue weighted by atomic mass is 10.0. The number of likely N-dealkylation sites (N-methyl/N-ethyl adjacent to an activating group) is 1.